The molecular formula is C14H26O2. The number of hydrogen-bond donors (Lipinski definition) is 0. The zero-order valence-corrected chi connectivity index (χ0v) is 11.5. The zero-order valence-electron chi connectivity index (χ0n) is 11.5. The fourth-order valence-corrected chi connectivity index (χ4v) is 3.91. The van der Waals surface area contributed by atoms with E-state index in [-0.39, 0.29) is 17.8 Å². The van der Waals surface area contributed by atoms with Crippen molar-refractivity contribution in [2.45, 2.75) is 71.9 Å². The van der Waals surface area contributed by atoms with E-state index < -0.39 is 0 Å². The molecule has 2 fully saturated rings. The summed E-state index contributed by atoms with van der Waals surface area (Å²) in [7, 11) is 0. The fraction of sp³-hybridized carbons (Fsp3) is 1.00. The van der Waals surface area contributed by atoms with Crippen molar-refractivity contribution in [2.24, 2.45) is 17.8 Å². The molecular weight excluding hydrogens is 200 g/mol. The first-order valence-electron chi connectivity index (χ1n) is 6.71. The molecule has 2 saturated heterocycles. The van der Waals surface area contributed by atoms with Gasteiger partial charge in [0.05, 0.1) is 18.3 Å². The predicted molar refractivity (Wildman–Crippen MR) is 65.4 cm³/mol. The first kappa shape index (κ1) is 12.4. The Bertz CT molecular complexity index is 261. The minimum atomic E-state index is -0.0214. The molecule has 0 aromatic carbocycles. The standard InChI is InChI=1S/C14H26O2/c1-8(2)7-14-11(6)15-13(10(5)16-14)12(14)9(3)4/h8-13H,7H2,1-6H3. The summed E-state index contributed by atoms with van der Waals surface area (Å²) < 4.78 is 12.4. The van der Waals surface area contributed by atoms with Gasteiger partial charge >= 0.3 is 0 Å². The van der Waals surface area contributed by atoms with Crippen LogP contribution in [0.4, 0.5) is 0 Å². The minimum absolute atomic E-state index is 0.0214. The maximum absolute atomic E-state index is 6.32. The molecule has 94 valence electrons. The molecule has 2 aliphatic rings. The lowest BCUT2D eigenvalue weighted by Gasteiger charge is -2.38. The summed E-state index contributed by atoms with van der Waals surface area (Å²) in [6, 6.07) is 0. The molecule has 0 aromatic heterocycles. The topological polar surface area (TPSA) is 18.5 Å². The molecule has 2 rings (SSSR count). The monoisotopic (exact) mass is 226 g/mol. The highest BCUT2D eigenvalue weighted by Gasteiger charge is 2.63. The molecule has 2 aliphatic heterocycles. The van der Waals surface area contributed by atoms with Crippen LogP contribution in [0.1, 0.15) is 48.0 Å². The molecule has 0 aliphatic carbocycles. The van der Waals surface area contributed by atoms with E-state index in [0.29, 0.717) is 23.9 Å². The van der Waals surface area contributed by atoms with Crippen LogP contribution in [0, 0.1) is 17.8 Å². The van der Waals surface area contributed by atoms with E-state index >= 15 is 0 Å². The van der Waals surface area contributed by atoms with Gasteiger partial charge in [-0.2, -0.15) is 0 Å². The molecule has 0 N–H and O–H groups in total. The molecule has 5 unspecified atom stereocenters. The average Bonchev–Trinajstić information content (AvgIpc) is 2.51. The van der Waals surface area contributed by atoms with Crippen molar-refractivity contribution >= 4 is 0 Å². The van der Waals surface area contributed by atoms with Crippen LogP contribution in [-0.4, -0.2) is 23.9 Å². The summed E-state index contributed by atoms with van der Waals surface area (Å²) in [5.41, 5.74) is -0.0214. The van der Waals surface area contributed by atoms with Crippen LogP contribution in [0.2, 0.25) is 0 Å². The Morgan fingerprint density at radius 2 is 1.75 bits per heavy atom. The predicted octanol–water partition coefficient (Wildman–Crippen LogP) is 3.25. The van der Waals surface area contributed by atoms with Crippen molar-refractivity contribution in [3.05, 3.63) is 0 Å². The number of fused-ring (bicyclic) bond motifs is 2. The van der Waals surface area contributed by atoms with Crippen molar-refractivity contribution in [1.29, 1.82) is 0 Å². The van der Waals surface area contributed by atoms with Crippen LogP contribution in [0.15, 0.2) is 0 Å². The van der Waals surface area contributed by atoms with Gasteiger partial charge in [0.2, 0.25) is 0 Å². The van der Waals surface area contributed by atoms with E-state index in [2.05, 4.69) is 41.5 Å². The van der Waals surface area contributed by atoms with Crippen molar-refractivity contribution in [3.8, 4) is 0 Å². The number of ether oxygens (including phenoxy) is 2. The molecule has 0 saturated carbocycles. The van der Waals surface area contributed by atoms with Gasteiger partial charge in [0.25, 0.3) is 0 Å². The Morgan fingerprint density at radius 1 is 1.12 bits per heavy atom. The molecule has 0 spiro atoms. The van der Waals surface area contributed by atoms with Gasteiger partial charge < -0.3 is 9.47 Å². The second kappa shape index (κ2) is 3.99. The number of hydrogen-bond acceptors (Lipinski definition) is 2. The Labute approximate surface area is 99.7 Å². The third-order valence-electron chi connectivity index (χ3n) is 4.28. The Kier molecular flexibility index (Phi) is 3.09. The molecule has 0 radical (unpaired) electrons. The molecule has 2 heteroatoms. The maximum atomic E-state index is 6.32. The molecule has 16 heavy (non-hydrogen) atoms. The first-order chi connectivity index (χ1) is 7.38. The van der Waals surface area contributed by atoms with E-state index in [1.54, 1.807) is 0 Å². The van der Waals surface area contributed by atoms with E-state index in [1.807, 2.05) is 0 Å². The Balaban J connectivity index is 2.30. The van der Waals surface area contributed by atoms with Gasteiger partial charge in [-0.1, -0.05) is 27.7 Å². The third kappa shape index (κ3) is 1.62. The van der Waals surface area contributed by atoms with Crippen LogP contribution in [0.3, 0.4) is 0 Å². The highest BCUT2D eigenvalue weighted by atomic mass is 16.6. The van der Waals surface area contributed by atoms with Crippen molar-refractivity contribution < 1.29 is 9.47 Å². The summed E-state index contributed by atoms with van der Waals surface area (Å²) in [4.78, 5) is 0. The second-order valence-electron chi connectivity index (χ2n) is 6.39. The van der Waals surface area contributed by atoms with Gasteiger partial charge in [-0.25, -0.2) is 0 Å². The lowest BCUT2D eigenvalue weighted by atomic mass is 9.73. The van der Waals surface area contributed by atoms with Crippen LogP contribution in [0.25, 0.3) is 0 Å². The van der Waals surface area contributed by atoms with Gasteiger partial charge in [0.1, 0.15) is 5.60 Å². The molecule has 0 amide bonds. The number of rotatable bonds is 3. The second-order valence-corrected chi connectivity index (χ2v) is 6.39. The summed E-state index contributed by atoms with van der Waals surface area (Å²) in [5, 5.41) is 0. The lowest BCUT2D eigenvalue weighted by molar-refractivity contribution is -0.180. The highest BCUT2D eigenvalue weighted by molar-refractivity contribution is 5.11. The van der Waals surface area contributed by atoms with Crippen LogP contribution < -0.4 is 0 Å². The maximum Gasteiger partial charge on any atom is 0.100 e. The van der Waals surface area contributed by atoms with E-state index in [4.69, 9.17) is 9.47 Å². The van der Waals surface area contributed by atoms with Gasteiger partial charge in [-0.3, -0.25) is 0 Å². The summed E-state index contributed by atoms with van der Waals surface area (Å²) in [6.07, 6.45) is 1.96. The normalized spacial score (nSPS) is 47.2. The van der Waals surface area contributed by atoms with Crippen molar-refractivity contribution in [2.75, 3.05) is 0 Å². The minimum Gasteiger partial charge on any atom is -0.369 e. The quantitative estimate of drug-likeness (QED) is 0.735. The van der Waals surface area contributed by atoms with Crippen molar-refractivity contribution in [1.82, 2.24) is 0 Å². The first-order valence-corrected chi connectivity index (χ1v) is 6.71. The Hall–Kier alpha value is -0.0800. The van der Waals surface area contributed by atoms with Crippen LogP contribution in [-0.2, 0) is 9.47 Å². The molecule has 5 atom stereocenters. The van der Waals surface area contributed by atoms with Gasteiger partial charge in [0.15, 0.2) is 0 Å². The molecule has 2 heterocycles. The van der Waals surface area contributed by atoms with Crippen molar-refractivity contribution in [3.63, 3.8) is 0 Å². The summed E-state index contributed by atoms with van der Waals surface area (Å²) in [6.45, 7) is 13.5. The highest BCUT2D eigenvalue weighted by Crippen LogP contribution is 2.54. The van der Waals surface area contributed by atoms with E-state index in [9.17, 15) is 0 Å². The van der Waals surface area contributed by atoms with Crippen LogP contribution >= 0.6 is 0 Å². The zero-order chi connectivity index (χ0) is 12.1. The molecule has 2 bridgehead atoms. The largest absolute Gasteiger partial charge is 0.369 e. The fourth-order valence-electron chi connectivity index (χ4n) is 3.91. The van der Waals surface area contributed by atoms with Gasteiger partial charge in [0, 0.05) is 5.92 Å². The molecule has 0 aromatic rings. The third-order valence-corrected chi connectivity index (χ3v) is 4.28. The summed E-state index contributed by atoms with van der Waals surface area (Å²) in [5.74, 6) is 1.87. The Morgan fingerprint density at radius 3 is 2.25 bits per heavy atom. The van der Waals surface area contributed by atoms with E-state index in [0.717, 1.165) is 6.42 Å². The van der Waals surface area contributed by atoms with Gasteiger partial charge in [-0.15, -0.1) is 0 Å². The molecule has 2 nitrogen and oxygen atoms in total. The lowest BCUT2D eigenvalue weighted by Crippen LogP contribution is -2.46. The smallest absolute Gasteiger partial charge is 0.100 e. The summed E-state index contributed by atoms with van der Waals surface area (Å²) >= 11 is 0. The van der Waals surface area contributed by atoms with E-state index in [1.165, 1.54) is 0 Å². The van der Waals surface area contributed by atoms with Gasteiger partial charge in [-0.05, 0) is 32.1 Å². The average molecular weight is 226 g/mol. The SMILES string of the molecule is CC(C)CC12OC(C)C(OC1C)C2C(C)C. The van der Waals surface area contributed by atoms with Crippen LogP contribution in [0.5, 0.6) is 0 Å².